The molecular weight excluding hydrogens is 374 g/mol. The van der Waals surface area contributed by atoms with Crippen LogP contribution in [0.5, 0.6) is 0 Å². The van der Waals surface area contributed by atoms with Crippen LogP contribution in [0.4, 0.5) is 5.82 Å². The van der Waals surface area contributed by atoms with Gasteiger partial charge in [-0.1, -0.05) is 43.8 Å². The summed E-state index contributed by atoms with van der Waals surface area (Å²) in [4.78, 5) is 30.4. The maximum atomic E-state index is 12.7. The Bertz CT molecular complexity index is 1030. The molecule has 1 fully saturated rings. The summed E-state index contributed by atoms with van der Waals surface area (Å²) >= 11 is 0. The molecule has 1 saturated heterocycles. The molecule has 154 valence electrons. The summed E-state index contributed by atoms with van der Waals surface area (Å²) < 4.78 is 0. The van der Waals surface area contributed by atoms with Crippen LogP contribution in [0, 0.1) is 11.8 Å². The highest BCUT2D eigenvalue weighted by Crippen LogP contribution is 2.40. The second-order valence-electron chi connectivity index (χ2n) is 8.09. The Morgan fingerprint density at radius 3 is 2.80 bits per heavy atom. The summed E-state index contributed by atoms with van der Waals surface area (Å²) in [5, 5.41) is 2.78. The SMILES string of the molecule is C.O=C1CCc2cc(/C=C/C(=O)N3CC4C=C(c5ccccc5)CC4C3)cnc2N1. The van der Waals surface area contributed by atoms with Gasteiger partial charge in [-0.3, -0.25) is 9.59 Å². The van der Waals surface area contributed by atoms with Gasteiger partial charge in [0.05, 0.1) is 0 Å². The number of pyridine rings is 1. The van der Waals surface area contributed by atoms with Gasteiger partial charge in [0.25, 0.3) is 0 Å². The van der Waals surface area contributed by atoms with Gasteiger partial charge >= 0.3 is 0 Å². The molecule has 3 aliphatic rings. The molecule has 1 aliphatic carbocycles. The highest BCUT2D eigenvalue weighted by Gasteiger charge is 2.37. The van der Waals surface area contributed by atoms with E-state index in [1.54, 1.807) is 12.3 Å². The van der Waals surface area contributed by atoms with E-state index in [1.165, 1.54) is 11.1 Å². The number of nitrogens with one attached hydrogen (secondary N) is 1. The van der Waals surface area contributed by atoms with E-state index in [0.717, 1.165) is 30.6 Å². The van der Waals surface area contributed by atoms with Crippen LogP contribution in [0.3, 0.4) is 0 Å². The minimum Gasteiger partial charge on any atom is -0.338 e. The number of hydrogen-bond acceptors (Lipinski definition) is 3. The van der Waals surface area contributed by atoms with Crippen molar-refractivity contribution in [1.29, 1.82) is 0 Å². The monoisotopic (exact) mass is 401 g/mol. The first-order chi connectivity index (χ1) is 14.2. The molecule has 1 aromatic heterocycles. The third-order valence-corrected chi connectivity index (χ3v) is 6.13. The van der Waals surface area contributed by atoms with E-state index in [-0.39, 0.29) is 19.2 Å². The van der Waals surface area contributed by atoms with Gasteiger partial charge in [0.1, 0.15) is 5.82 Å². The van der Waals surface area contributed by atoms with Crippen molar-refractivity contribution in [3.05, 3.63) is 71.4 Å². The van der Waals surface area contributed by atoms with Crippen molar-refractivity contribution in [2.45, 2.75) is 26.7 Å². The quantitative estimate of drug-likeness (QED) is 0.785. The molecule has 0 radical (unpaired) electrons. The lowest BCUT2D eigenvalue weighted by atomic mass is 9.98. The lowest BCUT2D eigenvalue weighted by Crippen LogP contribution is -2.27. The molecule has 5 rings (SSSR count). The van der Waals surface area contributed by atoms with Gasteiger partial charge in [0, 0.05) is 31.8 Å². The highest BCUT2D eigenvalue weighted by atomic mass is 16.2. The fraction of sp³-hybridized carbons (Fsp3) is 0.320. The van der Waals surface area contributed by atoms with Crippen LogP contribution >= 0.6 is 0 Å². The Morgan fingerprint density at radius 1 is 1.17 bits per heavy atom. The highest BCUT2D eigenvalue weighted by molar-refractivity contribution is 5.94. The van der Waals surface area contributed by atoms with Gasteiger partial charge in [0.15, 0.2) is 0 Å². The van der Waals surface area contributed by atoms with E-state index >= 15 is 0 Å². The molecule has 2 unspecified atom stereocenters. The smallest absolute Gasteiger partial charge is 0.246 e. The molecule has 0 saturated carbocycles. The first-order valence-corrected chi connectivity index (χ1v) is 10.2. The number of carbonyl (C=O) groups excluding carboxylic acids is 2. The number of allylic oxidation sites excluding steroid dienone is 1. The van der Waals surface area contributed by atoms with Crippen LogP contribution in [0.25, 0.3) is 11.6 Å². The summed E-state index contributed by atoms with van der Waals surface area (Å²) in [5.74, 6) is 1.68. The van der Waals surface area contributed by atoms with E-state index in [1.807, 2.05) is 23.1 Å². The summed E-state index contributed by atoms with van der Waals surface area (Å²) in [6, 6.07) is 12.5. The number of carbonyl (C=O) groups is 2. The van der Waals surface area contributed by atoms with Crippen LogP contribution in [-0.4, -0.2) is 34.8 Å². The van der Waals surface area contributed by atoms with Crippen molar-refractivity contribution in [2.75, 3.05) is 18.4 Å². The number of likely N-dealkylation sites (tertiary alicyclic amines) is 1. The number of rotatable bonds is 3. The van der Waals surface area contributed by atoms with Gasteiger partial charge in [-0.05, 0) is 59.1 Å². The first-order valence-electron chi connectivity index (χ1n) is 10.2. The average molecular weight is 402 g/mol. The number of nitrogens with zero attached hydrogens (tertiary/aromatic N) is 2. The molecule has 30 heavy (non-hydrogen) atoms. The largest absolute Gasteiger partial charge is 0.338 e. The average Bonchev–Trinajstić information content (AvgIpc) is 3.32. The summed E-state index contributed by atoms with van der Waals surface area (Å²) in [6.45, 7) is 1.60. The maximum Gasteiger partial charge on any atom is 0.246 e. The van der Waals surface area contributed by atoms with Gasteiger partial charge in [-0.2, -0.15) is 0 Å². The first kappa shape index (κ1) is 20.1. The van der Waals surface area contributed by atoms with Crippen LogP contribution in [0.2, 0.25) is 0 Å². The number of amides is 2. The minimum absolute atomic E-state index is 0. The molecule has 2 aromatic rings. The fourth-order valence-electron chi connectivity index (χ4n) is 4.60. The normalized spacial score (nSPS) is 22.2. The van der Waals surface area contributed by atoms with Gasteiger partial charge in [0.2, 0.25) is 11.8 Å². The van der Waals surface area contributed by atoms with Crippen molar-refractivity contribution >= 4 is 29.3 Å². The lowest BCUT2D eigenvalue weighted by Gasteiger charge is -2.16. The van der Waals surface area contributed by atoms with Gasteiger partial charge < -0.3 is 10.2 Å². The topological polar surface area (TPSA) is 62.3 Å². The predicted molar refractivity (Wildman–Crippen MR) is 120 cm³/mol. The van der Waals surface area contributed by atoms with Crippen molar-refractivity contribution in [2.24, 2.45) is 11.8 Å². The lowest BCUT2D eigenvalue weighted by molar-refractivity contribution is -0.125. The molecule has 1 aromatic carbocycles. The number of aromatic nitrogens is 1. The maximum absolute atomic E-state index is 12.7. The van der Waals surface area contributed by atoms with Crippen LogP contribution in [0.15, 0.2) is 54.7 Å². The van der Waals surface area contributed by atoms with Crippen molar-refractivity contribution in [3.63, 3.8) is 0 Å². The van der Waals surface area contributed by atoms with E-state index in [9.17, 15) is 9.59 Å². The standard InChI is InChI=1S/C24H23N3O2.CH4/c28-22-8-7-18-10-16(13-25-24(18)26-22)6-9-23(29)27-14-20-11-19(12-21(20)15-27)17-4-2-1-3-5-17;/h1-6,9-11,13,20-21H,7-8,12,14-15H2,(H,25,26,28);1H4/b9-6+;. The molecule has 0 bridgehead atoms. The predicted octanol–water partition coefficient (Wildman–Crippen LogP) is 4.18. The molecular formula is C25H27N3O2. The minimum atomic E-state index is 0. The van der Waals surface area contributed by atoms with Crippen molar-refractivity contribution in [1.82, 2.24) is 9.88 Å². The number of anilines is 1. The van der Waals surface area contributed by atoms with E-state index < -0.39 is 0 Å². The zero-order valence-corrected chi connectivity index (χ0v) is 16.2. The Hall–Kier alpha value is -3.21. The van der Waals surface area contributed by atoms with Gasteiger partial charge in [-0.25, -0.2) is 4.98 Å². The molecule has 1 N–H and O–H groups in total. The number of hydrogen-bond donors (Lipinski definition) is 1. The van der Waals surface area contributed by atoms with Crippen LogP contribution < -0.4 is 5.32 Å². The summed E-state index contributed by atoms with van der Waals surface area (Å²) in [6.07, 6.45) is 9.74. The molecule has 5 heteroatoms. The Balaban J connectivity index is 0.00000218. The van der Waals surface area contributed by atoms with Gasteiger partial charge in [-0.15, -0.1) is 0 Å². The Labute approximate surface area is 177 Å². The number of aryl methyl sites for hydroxylation is 1. The van der Waals surface area contributed by atoms with Crippen LogP contribution in [-0.2, 0) is 16.0 Å². The zero-order valence-electron chi connectivity index (χ0n) is 16.2. The van der Waals surface area contributed by atoms with E-state index in [2.05, 4.69) is 40.6 Å². The molecule has 0 spiro atoms. The van der Waals surface area contributed by atoms with Crippen LogP contribution in [0.1, 0.15) is 37.0 Å². The molecule has 2 atom stereocenters. The second-order valence-corrected chi connectivity index (χ2v) is 8.09. The molecule has 5 nitrogen and oxygen atoms in total. The van der Waals surface area contributed by atoms with E-state index in [0.29, 0.717) is 30.5 Å². The fourth-order valence-corrected chi connectivity index (χ4v) is 4.60. The molecule has 2 amide bonds. The third-order valence-electron chi connectivity index (χ3n) is 6.13. The number of benzene rings is 1. The molecule has 2 aliphatic heterocycles. The Morgan fingerprint density at radius 2 is 2.00 bits per heavy atom. The third kappa shape index (κ3) is 3.92. The van der Waals surface area contributed by atoms with E-state index in [4.69, 9.17) is 0 Å². The van der Waals surface area contributed by atoms with Crippen molar-refractivity contribution < 1.29 is 9.59 Å². The summed E-state index contributed by atoms with van der Waals surface area (Å²) in [7, 11) is 0. The Kier molecular flexibility index (Phi) is 5.53. The zero-order chi connectivity index (χ0) is 19.8. The number of fused-ring (bicyclic) bond motifs is 2. The summed E-state index contributed by atoms with van der Waals surface area (Å²) in [5.41, 5.74) is 4.62. The molecule has 3 heterocycles. The van der Waals surface area contributed by atoms with Crippen molar-refractivity contribution in [3.8, 4) is 0 Å². The second kappa shape index (κ2) is 8.27.